The molecular formula is C18H16N2O5. The van der Waals surface area contributed by atoms with E-state index in [1.807, 2.05) is 12.1 Å². The molecule has 0 fully saturated rings. The molecule has 1 heterocycles. The van der Waals surface area contributed by atoms with E-state index in [0.717, 1.165) is 16.4 Å². The maximum Gasteiger partial charge on any atom is 0.336 e. The summed E-state index contributed by atoms with van der Waals surface area (Å²) < 4.78 is 0. The lowest BCUT2D eigenvalue weighted by atomic mass is 9.98. The molecule has 0 bridgehead atoms. The number of nitrogens with zero attached hydrogens (tertiary/aromatic N) is 1. The molecule has 3 N–H and O–H groups in total. The van der Waals surface area contributed by atoms with Crippen LogP contribution >= 0.6 is 0 Å². The summed E-state index contributed by atoms with van der Waals surface area (Å²) in [5, 5.41) is 22.8. The van der Waals surface area contributed by atoms with Gasteiger partial charge in [0, 0.05) is 11.5 Å². The molecule has 0 unspecified atom stereocenters. The van der Waals surface area contributed by atoms with Crippen molar-refractivity contribution in [3.8, 4) is 0 Å². The Morgan fingerprint density at radius 3 is 2.64 bits per heavy atom. The number of fused-ring (bicyclic) bond motifs is 1. The molecule has 0 spiro atoms. The lowest BCUT2D eigenvalue weighted by molar-refractivity contribution is -0.137. The van der Waals surface area contributed by atoms with Crippen LogP contribution in [0.25, 0.3) is 10.8 Å². The zero-order valence-electron chi connectivity index (χ0n) is 13.4. The molecule has 25 heavy (non-hydrogen) atoms. The van der Waals surface area contributed by atoms with Crippen molar-refractivity contribution in [1.29, 1.82) is 0 Å². The molecule has 7 heteroatoms. The number of rotatable bonds is 5. The van der Waals surface area contributed by atoms with E-state index in [-0.39, 0.29) is 24.4 Å². The number of hydrogen-bond donors (Lipinski definition) is 3. The predicted octanol–water partition coefficient (Wildman–Crippen LogP) is 1.50. The van der Waals surface area contributed by atoms with Gasteiger partial charge in [-0.15, -0.1) is 0 Å². The number of nitrogens with one attached hydrogen (secondary N) is 1. The zero-order valence-corrected chi connectivity index (χ0v) is 13.4. The van der Waals surface area contributed by atoms with Gasteiger partial charge in [-0.05, 0) is 23.9 Å². The first-order valence-electron chi connectivity index (χ1n) is 7.65. The zero-order chi connectivity index (χ0) is 18.1. The Bertz CT molecular complexity index is 932. The summed E-state index contributed by atoms with van der Waals surface area (Å²) in [6.07, 6.45) is 1.15. The maximum atomic E-state index is 12.3. The number of carbonyl (C=O) groups excluding carboxylic acids is 2. The molecule has 0 aliphatic carbocycles. The van der Waals surface area contributed by atoms with Crippen LogP contribution in [0.4, 0.5) is 5.69 Å². The van der Waals surface area contributed by atoms with E-state index >= 15 is 0 Å². The van der Waals surface area contributed by atoms with Crippen molar-refractivity contribution in [1.82, 2.24) is 4.90 Å². The number of aromatic carboxylic acids is 1. The van der Waals surface area contributed by atoms with Crippen molar-refractivity contribution < 1.29 is 24.6 Å². The van der Waals surface area contributed by atoms with Crippen LogP contribution in [0.3, 0.4) is 0 Å². The van der Waals surface area contributed by atoms with Crippen LogP contribution in [0.15, 0.2) is 42.1 Å². The summed E-state index contributed by atoms with van der Waals surface area (Å²) in [7, 11) is 0. The molecule has 128 valence electrons. The maximum absolute atomic E-state index is 12.3. The van der Waals surface area contributed by atoms with Gasteiger partial charge in [-0.2, -0.15) is 0 Å². The van der Waals surface area contributed by atoms with Crippen molar-refractivity contribution in [3.63, 3.8) is 0 Å². The lowest BCUT2D eigenvalue weighted by Crippen LogP contribution is -2.34. The Labute approximate surface area is 143 Å². The number of β-amino-alcohol motifs (C(OH)–C–C–N with tert-alkyl or cyclic N) is 1. The van der Waals surface area contributed by atoms with Gasteiger partial charge >= 0.3 is 5.97 Å². The summed E-state index contributed by atoms with van der Waals surface area (Å²) in [6.45, 7) is 1.23. The Kier molecular flexibility index (Phi) is 4.24. The molecule has 0 saturated heterocycles. The summed E-state index contributed by atoms with van der Waals surface area (Å²) in [4.78, 5) is 36.6. The number of benzene rings is 2. The van der Waals surface area contributed by atoms with E-state index in [9.17, 15) is 19.5 Å². The molecule has 0 aromatic heterocycles. The van der Waals surface area contributed by atoms with Crippen LogP contribution in [-0.2, 0) is 9.59 Å². The standard InChI is InChI=1S/C18H16N2O5/c1-10-13(18(24)25)8-11-4-2-3-5-12(11)16(10)19-14-9-15(22)20(6-7-21)17(14)23/h2-5,8-9,19,21H,6-7H2,1H3,(H,24,25). The van der Waals surface area contributed by atoms with Crippen LogP contribution in [0.2, 0.25) is 0 Å². The SMILES string of the molecule is Cc1c(C(=O)O)cc2ccccc2c1NC1=CC(=O)N(CCO)C1=O. The predicted molar refractivity (Wildman–Crippen MR) is 91.2 cm³/mol. The van der Waals surface area contributed by atoms with Crippen LogP contribution in [0.5, 0.6) is 0 Å². The Morgan fingerprint density at radius 2 is 1.96 bits per heavy atom. The first kappa shape index (κ1) is 16.7. The van der Waals surface area contributed by atoms with Crippen molar-refractivity contribution in [2.24, 2.45) is 0 Å². The number of hydrogen-bond acceptors (Lipinski definition) is 5. The number of aliphatic hydroxyl groups is 1. The average molecular weight is 340 g/mol. The highest BCUT2D eigenvalue weighted by Crippen LogP contribution is 2.32. The molecule has 1 aliphatic heterocycles. The van der Waals surface area contributed by atoms with Gasteiger partial charge in [-0.25, -0.2) is 4.79 Å². The van der Waals surface area contributed by atoms with Crippen molar-refractivity contribution in [3.05, 3.63) is 53.2 Å². The van der Waals surface area contributed by atoms with E-state index in [0.29, 0.717) is 16.6 Å². The van der Waals surface area contributed by atoms with E-state index < -0.39 is 17.8 Å². The summed E-state index contributed by atoms with van der Waals surface area (Å²) in [5.41, 5.74) is 1.10. The van der Waals surface area contributed by atoms with Gasteiger partial charge in [0.2, 0.25) is 0 Å². The van der Waals surface area contributed by atoms with E-state index in [2.05, 4.69) is 5.32 Å². The monoisotopic (exact) mass is 340 g/mol. The Hall–Kier alpha value is -3.19. The number of imide groups is 1. The molecule has 2 aromatic rings. The minimum Gasteiger partial charge on any atom is -0.478 e. The largest absolute Gasteiger partial charge is 0.478 e. The molecule has 7 nitrogen and oxygen atoms in total. The fourth-order valence-corrected chi connectivity index (χ4v) is 2.88. The highest BCUT2D eigenvalue weighted by molar-refractivity contribution is 6.18. The quantitative estimate of drug-likeness (QED) is 0.712. The smallest absolute Gasteiger partial charge is 0.336 e. The van der Waals surface area contributed by atoms with Crippen LogP contribution < -0.4 is 5.32 Å². The minimum atomic E-state index is -1.07. The van der Waals surface area contributed by atoms with Crippen molar-refractivity contribution in [2.75, 3.05) is 18.5 Å². The number of carbonyl (C=O) groups is 3. The van der Waals surface area contributed by atoms with Crippen molar-refractivity contribution >= 4 is 34.2 Å². The van der Waals surface area contributed by atoms with E-state index in [4.69, 9.17) is 5.11 Å². The first-order valence-corrected chi connectivity index (χ1v) is 7.65. The number of amides is 2. The molecule has 2 amide bonds. The van der Waals surface area contributed by atoms with Gasteiger partial charge in [0.1, 0.15) is 5.70 Å². The molecule has 2 aromatic carbocycles. The second-order valence-corrected chi connectivity index (χ2v) is 5.65. The lowest BCUT2D eigenvalue weighted by Gasteiger charge is -2.17. The normalized spacial score (nSPS) is 14.2. The average Bonchev–Trinajstić information content (AvgIpc) is 2.84. The highest BCUT2D eigenvalue weighted by Gasteiger charge is 2.31. The second kappa shape index (κ2) is 6.37. The number of aliphatic hydroxyl groups excluding tert-OH is 1. The van der Waals surface area contributed by atoms with Gasteiger partial charge in [0.05, 0.1) is 24.4 Å². The summed E-state index contributed by atoms with van der Waals surface area (Å²) in [5.74, 6) is -2.14. The fourth-order valence-electron chi connectivity index (χ4n) is 2.88. The summed E-state index contributed by atoms with van der Waals surface area (Å²) in [6, 6.07) is 8.76. The van der Waals surface area contributed by atoms with Gasteiger partial charge < -0.3 is 15.5 Å². The molecular weight excluding hydrogens is 324 g/mol. The Balaban J connectivity index is 2.09. The third-order valence-corrected chi connectivity index (χ3v) is 4.13. The van der Waals surface area contributed by atoms with Crippen LogP contribution in [0, 0.1) is 6.92 Å². The summed E-state index contributed by atoms with van der Waals surface area (Å²) >= 11 is 0. The first-order chi connectivity index (χ1) is 11.9. The number of anilines is 1. The molecule has 0 atom stereocenters. The third kappa shape index (κ3) is 2.85. The van der Waals surface area contributed by atoms with Crippen molar-refractivity contribution in [2.45, 2.75) is 6.92 Å². The molecule has 0 saturated carbocycles. The van der Waals surface area contributed by atoms with Gasteiger partial charge in [0.25, 0.3) is 11.8 Å². The van der Waals surface area contributed by atoms with Gasteiger partial charge in [-0.3, -0.25) is 14.5 Å². The second-order valence-electron chi connectivity index (χ2n) is 5.65. The van der Waals surface area contributed by atoms with E-state index in [1.54, 1.807) is 25.1 Å². The highest BCUT2D eigenvalue weighted by atomic mass is 16.4. The fraction of sp³-hybridized carbons (Fsp3) is 0.167. The number of carboxylic acids is 1. The van der Waals surface area contributed by atoms with E-state index in [1.165, 1.54) is 0 Å². The van der Waals surface area contributed by atoms with Crippen LogP contribution in [0.1, 0.15) is 15.9 Å². The van der Waals surface area contributed by atoms with Gasteiger partial charge in [-0.1, -0.05) is 24.3 Å². The Morgan fingerprint density at radius 1 is 1.24 bits per heavy atom. The minimum absolute atomic E-state index is 0.0502. The van der Waals surface area contributed by atoms with Crippen LogP contribution in [-0.4, -0.2) is 46.0 Å². The molecule has 1 aliphatic rings. The third-order valence-electron chi connectivity index (χ3n) is 4.13. The van der Waals surface area contributed by atoms with Gasteiger partial charge in [0.15, 0.2) is 0 Å². The molecule has 0 radical (unpaired) electrons. The topological polar surface area (TPSA) is 107 Å². The number of carboxylic acid groups (broad SMARTS) is 1. The molecule has 3 rings (SSSR count).